The molecular formula is C26H26N4OS. The van der Waals surface area contributed by atoms with Gasteiger partial charge in [0, 0.05) is 17.8 Å². The summed E-state index contributed by atoms with van der Waals surface area (Å²) in [7, 11) is 0. The summed E-state index contributed by atoms with van der Waals surface area (Å²) in [5, 5.41) is 12.6. The van der Waals surface area contributed by atoms with Gasteiger partial charge in [-0.2, -0.15) is 0 Å². The van der Waals surface area contributed by atoms with Crippen LogP contribution in [-0.2, 0) is 11.2 Å². The van der Waals surface area contributed by atoms with Gasteiger partial charge < -0.3 is 5.32 Å². The van der Waals surface area contributed by atoms with E-state index in [0.717, 1.165) is 22.8 Å². The lowest BCUT2D eigenvalue weighted by molar-refractivity contribution is -0.113. The third kappa shape index (κ3) is 5.26. The molecule has 32 heavy (non-hydrogen) atoms. The quantitative estimate of drug-likeness (QED) is 0.383. The highest BCUT2D eigenvalue weighted by Gasteiger charge is 2.17. The molecule has 1 heterocycles. The van der Waals surface area contributed by atoms with Gasteiger partial charge in [-0.15, -0.1) is 10.2 Å². The van der Waals surface area contributed by atoms with Crippen molar-refractivity contribution in [2.45, 2.75) is 32.3 Å². The number of carbonyl (C=O) groups excluding carboxylic acids is 1. The van der Waals surface area contributed by atoms with Crippen molar-refractivity contribution in [3.63, 3.8) is 0 Å². The first-order chi connectivity index (χ1) is 15.5. The van der Waals surface area contributed by atoms with E-state index < -0.39 is 0 Å². The van der Waals surface area contributed by atoms with E-state index in [1.54, 1.807) is 0 Å². The Kier molecular flexibility index (Phi) is 6.71. The minimum Gasteiger partial charge on any atom is -0.325 e. The van der Waals surface area contributed by atoms with Gasteiger partial charge in [-0.1, -0.05) is 60.3 Å². The lowest BCUT2D eigenvalue weighted by atomic mass is 10.1. The van der Waals surface area contributed by atoms with Crippen molar-refractivity contribution in [3.05, 3.63) is 101 Å². The van der Waals surface area contributed by atoms with Gasteiger partial charge in [0.25, 0.3) is 0 Å². The fourth-order valence-corrected chi connectivity index (χ4v) is 4.23. The lowest BCUT2D eigenvalue weighted by Gasteiger charge is -2.12. The van der Waals surface area contributed by atoms with E-state index in [-0.39, 0.29) is 11.7 Å². The summed E-state index contributed by atoms with van der Waals surface area (Å²) in [6, 6.07) is 24.3. The molecule has 3 aromatic carbocycles. The van der Waals surface area contributed by atoms with E-state index in [0.29, 0.717) is 11.6 Å². The van der Waals surface area contributed by atoms with E-state index >= 15 is 0 Å². The highest BCUT2D eigenvalue weighted by atomic mass is 32.2. The first kappa shape index (κ1) is 21.8. The predicted molar refractivity (Wildman–Crippen MR) is 131 cm³/mol. The standard InChI is InChI=1S/C26H26N4OS/c1-18-8-7-11-22(14-18)27-25(31)17-32-26-29-28-24(16-21-9-5-4-6-10-21)30(26)23-13-12-19(2)20(3)15-23/h4-15H,16-17H2,1-3H3,(H,27,31). The Bertz CT molecular complexity index is 1230. The maximum absolute atomic E-state index is 12.6. The Morgan fingerprint density at radius 3 is 2.47 bits per heavy atom. The molecule has 0 aliphatic rings. The van der Waals surface area contributed by atoms with Crippen LogP contribution in [0.25, 0.3) is 5.69 Å². The van der Waals surface area contributed by atoms with Gasteiger partial charge in [-0.25, -0.2) is 0 Å². The zero-order chi connectivity index (χ0) is 22.5. The lowest BCUT2D eigenvalue weighted by Crippen LogP contribution is -2.14. The molecule has 0 saturated carbocycles. The van der Waals surface area contributed by atoms with Crippen molar-refractivity contribution in [1.82, 2.24) is 14.8 Å². The van der Waals surface area contributed by atoms with Crippen LogP contribution in [0.4, 0.5) is 5.69 Å². The molecule has 0 spiro atoms. The van der Waals surface area contributed by atoms with E-state index in [9.17, 15) is 4.79 Å². The normalized spacial score (nSPS) is 10.8. The predicted octanol–water partition coefficient (Wildman–Crippen LogP) is 5.51. The van der Waals surface area contributed by atoms with Crippen LogP contribution in [0.5, 0.6) is 0 Å². The minimum atomic E-state index is -0.0696. The van der Waals surface area contributed by atoms with E-state index in [4.69, 9.17) is 0 Å². The van der Waals surface area contributed by atoms with Crippen LogP contribution < -0.4 is 5.32 Å². The van der Waals surface area contributed by atoms with Gasteiger partial charge in [0.15, 0.2) is 5.16 Å². The number of amides is 1. The highest BCUT2D eigenvalue weighted by Crippen LogP contribution is 2.25. The van der Waals surface area contributed by atoms with Crippen LogP contribution in [0, 0.1) is 20.8 Å². The number of anilines is 1. The molecule has 0 aliphatic carbocycles. The molecule has 0 bridgehead atoms. The smallest absolute Gasteiger partial charge is 0.234 e. The van der Waals surface area contributed by atoms with Crippen molar-refractivity contribution in [1.29, 1.82) is 0 Å². The molecule has 0 radical (unpaired) electrons. The van der Waals surface area contributed by atoms with Gasteiger partial charge >= 0.3 is 0 Å². The number of hydrogen-bond donors (Lipinski definition) is 1. The Morgan fingerprint density at radius 1 is 0.906 bits per heavy atom. The molecule has 4 rings (SSSR count). The molecule has 1 aromatic heterocycles. The van der Waals surface area contributed by atoms with Crippen molar-refractivity contribution in [3.8, 4) is 5.69 Å². The average molecular weight is 443 g/mol. The Hall–Kier alpha value is -3.38. The van der Waals surface area contributed by atoms with E-state index in [2.05, 4.69) is 64.3 Å². The molecule has 5 nitrogen and oxygen atoms in total. The average Bonchev–Trinajstić information content (AvgIpc) is 3.17. The highest BCUT2D eigenvalue weighted by molar-refractivity contribution is 7.99. The number of thioether (sulfide) groups is 1. The van der Waals surface area contributed by atoms with Crippen molar-refractivity contribution in [2.75, 3.05) is 11.1 Å². The van der Waals surface area contributed by atoms with Gasteiger partial charge in [0.05, 0.1) is 5.75 Å². The maximum Gasteiger partial charge on any atom is 0.234 e. The second-order valence-corrected chi connectivity index (χ2v) is 8.81. The van der Waals surface area contributed by atoms with Crippen LogP contribution in [0.1, 0.15) is 28.1 Å². The number of hydrogen-bond acceptors (Lipinski definition) is 4. The van der Waals surface area contributed by atoms with Crippen LogP contribution in [0.3, 0.4) is 0 Å². The second-order valence-electron chi connectivity index (χ2n) is 7.87. The summed E-state index contributed by atoms with van der Waals surface area (Å²) in [6.07, 6.45) is 0.664. The zero-order valence-corrected chi connectivity index (χ0v) is 19.3. The fourth-order valence-electron chi connectivity index (χ4n) is 3.46. The first-order valence-corrected chi connectivity index (χ1v) is 11.5. The second kappa shape index (κ2) is 9.83. The van der Waals surface area contributed by atoms with Crippen LogP contribution in [-0.4, -0.2) is 26.4 Å². The van der Waals surface area contributed by atoms with Crippen LogP contribution >= 0.6 is 11.8 Å². The molecule has 1 amide bonds. The molecule has 0 atom stereocenters. The summed E-state index contributed by atoms with van der Waals surface area (Å²) in [5.74, 6) is 1.03. The number of aromatic nitrogens is 3. The summed E-state index contributed by atoms with van der Waals surface area (Å²) in [6.45, 7) is 6.20. The number of nitrogens with zero attached hydrogens (tertiary/aromatic N) is 3. The van der Waals surface area contributed by atoms with Crippen LogP contribution in [0.2, 0.25) is 0 Å². The number of benzene rings is 3. The number of rotatable bonds is 7. The maximum atomic E-state index is 12.6. The monoisotopic (exact) mass is 442 g/mol. The van der Waals surface area contributed by atoms with E-state index in [1.807, 2.05) is 49.4 Å². The first-order valence-electron chi connectivity index (χ1n) is 10.5. The third-order valence-corrected chi connectivity index (χ3v) is 6.22. The van der Waals surface area contributed by atoms with Gasteiger partial charge in [0.2, 0.25) is 5.91 Å². The summed E-state index contributed by atoms with van der Waals surface area (Å²) < 4.78 is 2.06. The summed E-state index contributed by atoms with van der Waals surface area (Å²) in [4.78, 5) is 12.6. The Balaban J connectivity index is 1.58. The molecule has 0 aliphatic heterocycles. The van der Waals surface area contributed by atoms with Crippen molar-refractivity contribution in [2.24, 2.45) is 0 Å². The van der Waals surface area contributed by atoms with Gasteiger partial charge in [0.1, 0.15) is 5.82 Å². The van der Waals surface area contributed by atoms with Crippen molar-refractivity contribution < 1.29 is 4.79 Å². The SMILES string of the molecule is Cc1cccc(NC(=O)CSc2nnc(Cc3ccccc3)n2-c2ccc(C)c(C)c2)c1. The molecule has 0 saturated heterocycles. The largest absolute Gasteiger partial charge is 0.325 e. The minimum absolute atomic E-state index is 0.0696. The van der Waals surface area contributed by atoms with Crippen LogP contribution in [0.15, 0.2) is 78.0 Å². The Labute approximate surface area is 192 Å². The zero-order valence-electron chi connectivity index (χ0n) is 18.5. The summed E-state index contributed by atoms with van der Waals surface area (Å²) >= 11 is 1.39. The third-order valence-electron chi connectivity index (χ3n) is 5.29. The number of carbonyl (C=O) groups is 1. The molecule has 162 valence electrons. The fraction of sp³-hybridized carbons (Fsp3) is 0.192. The van der Waals surface area contributed by atoms with Gasteiger partial charge in [-0.05, 0) is 67.3 Å². The molecule has 0 unspecified atom stereocenters. The Morgan fingerprint density at radius 2 is 1.72 bits per heavy atom. The molecule has 0 fully saturated rings. The number of aryl methyl sites for hydroxylation is 3. The van der Waals surface area contributed by atoms with Gasteiger partial charge in [-0.3, -0.25) is 9.36 Å². The molecule has 1 N–H and O–H groups in total. The topological polar surface area (TPSA) is 59.8 Å². The van der Waals surface area contributed by atoms with Crippen molar-refractivity contribution >= 4 is 23.4 Å². The van der Waals surface area contributed by atoms with E-state index in [1.165, 1.54) is 28.5 Å². The molecule has 6 heteroatoms. The molecule has 4 aromatic rings. The molecular weight excluding hydrogens is 416 g/mol. The summed E-state index contributed by atoms with van der Waals surface area (Å²) in [5.41, 5.74) is 6.52. The number of nitrogens with one attached hydrogen (secondary N) is 1.